The van der Waals surface area contributed by atoms with E-state index in [1.54, 1.807) is 0 Å². The number of carbonyl (C=O) groups is 3. The maximum atomic E-state index is 13.5. The smallest absolute Gasteiger partial charge is 0.460 e. The molecule has 0 aliphatic rings. The molecule has 37 heavy (non-hydrogen) atoms. The molecule has 6 nitrogen and oxygen atoms in total. The summed E-state index contributed by atoms with van der Waals surface area (Å²) in [6.45, 7) is -0.0894. The van der Waals surface area contributed by atoms with E-state index in [9.17, 15) is 75.8 Å². The standard InChI is InChI=1S/C17H18F14N2O4/c1-2-7-37-9(34)8(33-11(36)13(20,21)15(24,25)17(29,30)31)5-3-4-6-32-10(35)12(18,19)14(22,23)16(26,27)28/h8H,2-7H2,1H3,(H,32,35)(H,33,36)/t8-/m0/s1. The summed E-state index contributed by atoms with van der Waals surface area (Å²) in [6, 6.07) is -2.30. The molecule has 0 saturated carbocycles. The molecule has 0 saturated heterocycles. The SMILES string of the molecule is CCCOC(=O)[C@H](CCCCNC(=O)C(F)(F)C(F)(F)C(F)(F)F)NC(=O)C(F)(F)C(F)(F)C(F)(F)F. The first-order valence-electron chi connectivity index (χ1n) is 9.80. The highest BCUT2D eigenvalue weighted by molar-refractivity contribution is 5.89. The average molecular weight is 580 g/mol. The molecule has 0 aromatic carbocycles. The second-order valence-corrected chi connectivity index (χ2v) is 7.24. The van der Waals surface area contributed by atoms with Crippen molar-refractivity contribution in [3.05, 3.63) is 0 Å². The van der Waals surface area contributed by atoms with Crippen LogP contribution in [0.5, 0.6) is 0 Å². The van der Waals surface area contributed by atoms with Crippen LogP contribution in [0.1, 0.15) is 32.6 Å². The molecule has 218 valence electrons. The quantitative estimate of drug-likeness (QED) is 0.193. The zero-order valence-corrected chi connectivity index (χ0v) is 18.2. The van der Waals surface area contributed by atoms with Gasteiger partial charge in [-0.05, 0) is 25.7 Å². The highest BCUT2D eigenvalue weighted by Crippen LogP contribution is 2.47. The molecule has 2 N–H and O–H groups in total. The summed E-state index contributed by atoms with van der Waals surface area (Å²) >= 11 is 0. The van der Waals surface area contributed by atoms with Gasteiger partial charge in [0.15, 0.2) is 0 Å². The zero-order valence-electron chi connectivity index (χ0n) is 18.2. The van der Waals surface area contributed by atoms with Gasteiger partial charge < -0.3 is 15.4 Å². The lowest BCUT2D eigenvalue weighted by atomic mass is 10.1. The molecule has 0 aliphatic heterocycles. The van der Waals surface area contributed by atoms with Crippen molar-refractivity contribution in [2.45, 2.75) is 74.7 Å². The summed E-state index contributed by atoms with van der Waals surface area (Å²) in [4.78, 5) is 34.4. The number of esters is 1. The lowest BCUT2D eigenvalue weighted by Crippen LogP contribution is -2.61. The lowest BCUT2D eigenvalue weighted by molar-refractivity contribution is -0.344. The first kappa shape index (κ1) is 34.4. The molecule has 0 heterocycles. The lowest BCUT2D eigenvalue weighted by Gasteiger charge is -2.28. The number of carbonyl (C=O) groups excluding carboxylic acids is 3. The molecule has 0 fully saturated rings. The molecule has 0 aromatic heterocycles. The van der Waals surface area contributed by atoms with Crippen LogP contribution in [0.25, 0.3) is 0 Å². The van der Waals surface area contributed by atoms with Gasteiger partial charge >= 0.3 is 42.0 Å². The normalized spacial score (nSPS) is 14.7. The van der Waals surface area contributed by atoms with E-state index >= 15 is 0 Å². The van der Waals surface area contributed by atoms with Crippen LogP contribution in [0.15, 0.2) is 0 Å². The van der Waals surface area contributed by atoms with Crippen molar-refractivity contribution in [3.8, 4) is 0 Å². The Hall–Kier alpha value is -2.57. The Morgan fingerprint density at radius 2 is 1.14 bits per heavy atom. The van der Waals surface area contributed by atoms with Crippen LogP contribution in [0.3, 0.4) is 0 Å². The van der Waals surface area contributed by atoms with Gasteiger partial charge in [0, 0.05) is 6.54 Å². The van der Waals surface area contributed by atoms with Gasteiger partial charge in [-0.3, -0.25) is 9.59 Å². The predicted molar refractivity (Wildman–Crippen MR) is 91.9 cm³/mol. The molecule has 2 amide bonds. The zero-order chi connectivity index (χ0) is 29.7. The van der Waals surface area contributed by atoms with Crippen LogP contribution >= 0.6 is 0 Å². The minimum atomic E-state index is -6.88. The molecule has 0 spiro atoms. The van der Waals surface area contributed by atoms with Gasteiger partial charge in [-0.2, -0.15) is 61.5 Å². The van der Waals surface area contributed by atoms with Crippen LogP contribution < -0.4 is 10.6 Å². The maximum absolute atomic E-state index is 13.5. The topological polar surface area (TPSA) is 84.5 Å². The van der Waals surface area contributed by atoms with Crippen molar-refractivity contribution >= 4 is 17.8 Å². The molecule has 0 aromatic rings. The van der Waals surface area contributed by atoms with Gasteiger partial charge in [-0.15, -0.1) is 0 Å². The summed E-state index contributed by atoms with van der Waals surface area (Å²) in [5.74, 6) is -34.2. The molecule has 0 aliphatic carbocycles. The monoisotopic (exact) mass is 580 g/mol. The number of hydrogen-bond acceptors (Lipinski definition) is 4. The van der Waals surface area contributed by atoms with Crippen molar-refractivity contribution in [1.29, 1.82) is 0 Å². The summed E-state index contributed by atoms with van der Waals surface area (Å²) in [5.41, 5.74) is 0. The van der Waals surface area contributed by atoms with Gasteiger partial charge in [0.05, 0.1) is 6.61 Å². The Bertz CT molecular complexity index is 811. The van der Waals surface area contributed by atoms with Gasteiger partial charge in [-0.25, -0.2) is 4.79 Å². The summed E-state index contributed by atoms with van der Waals surface area (Å²) in [6.07, 6.45) is -15.8. The van der Waals surface area contributed by atoms with Crippen molar-refractivity contribution in [2.75, 3.05) is 13.2 Å². The van der Waals surface area contributed by atoms with Crippen molar-refractivity contribution < 1.29 is 80.6 Å². The van der Waals surface area contributed by atoms with E-state index in [4.69, 9.17) is 0 Å². The van der Waals surface area contributed by atoms with E-state index in [0.29, 0.717) is 0 Å². The highest BCUT2D eigenvalue weighted by Gasteiger charge is 2.77. The third kappa shape index (κ3) is 7.71. The third-order valence-electron chi connectivity index (χ3n) is 4.31. The Kier molecular flexibility index (Phi) is 11.0. The number of hydrogen-bond donors (Lipinski definition) is 2. The molecule has 0 unspecified atom stereocenters. The molecular weight excluding hydrogens is 562 g/mol. The number of nitrogens with one attached hydrogen (secondary N) is 2. The minimum absolute atomic E-state index is 0.0948. The van der Waals surface area contributed by atoms with Crippen LogP contribution in [-0.4, -0.2) is 73.0 Å². The largest absolute Gasteiger partial charge is 0.464 e. The Morgan fingerprint density at radius 3 is 1.54 bits per heavy atom. The van der Waals surface area contributed by atoms with E-state index in [1.165, 1.54) is 6.92 Å². The van der Waals surface area contributed by atoms with E-state index < -0.39 is 92.3 Å². The van der Waals surface area contributed by atoms with E-state index in [0.717, 1.165) is 10.6 Å². The maximum Gasteiger partial charge on any atom is 0.460 e. The van der Waals surface area contributed by atoms with Crippen molar-refractivity contribution in [3.63, 3.8) is 0 Å². The first-order valence-corrected chi connectivity index (χ1v) is 9.80. The molecule has 0 rings (SSSR count). The molecule has 0 bridgehead atoms. The summed E-state index contributed by atoms with van der Waals surface area (Å²) in [7, 11) is 0. The van der Waals surface area contributed by atoms with Gasteiger partial charge in [0.25, 0.3) is 11.8 Å². The summed E-state index contributed by atoms with van der Waals surface area (Å²) in [5, 5.41) is 1.95. The fraction of sp³-hybridized carbons (Fsp3) is 0.824. The Labute approximate surface area is 198 Å². The molecule has 0 radical (unpaired) electrons. The van der Waals surface area contributed by atoms with Crippen LogP contribution in [0.4, 0.5) is 61.5 Å². The fourth-order valence-corrected chi connectivity index (χ4v) is 2.23. The van der Waals surface area contributed by atoms with Gasteiger partial charge in [-0.1, -0.05) is 6.92 Å². The van der Waals surface area contributed by atoms with Gasteiger partial charge in [0.1, 0.15) is 6.04 Å². The number of halogens is 14. The van der Waals surface area contributed by atoms with E-state index in [1.807, 2.05) is 0 Å². The number of alkyl halides is 14. The second-order valence-electron chi connectivity index (χ2n) is 7.24. The Balaban J connectivity index is 5.28. The van der Waals surface area contributed by atoms with Crippen molar-refractivity contribution in [2.24, 2.45) is 0 Å². The van der Waals surface area contributed by atoms with E-state index in [-0.39, 0.29) is 6.42 Å². The van der Waals surface area contributed by atoms with Crippen molar-refractivity contribution in [1.82, 2.24) is 10.6 Å². The van der Waals surface area contributed by atoms with Crippen LogP contribution in [0.2, 0.25) is 0 Å². The second kappa shape index (κ2) is 11.9. The number of unbranched alkanes of at least 4 members (excludes halogenated alkanes) is 1. The average Bonchev–Trinajstić information content (AvgIpc) is 2.73. The van der Waals surface area contributed by atoms with Crippen LogP contribution in [0, 0.1) is 0 Å². The third-order valence-corrected chi connectivity index (χ3v) is 4.31. The molecule has 20 heteroatoms. The minimum Gasteiger partial charge on any atom is -0.464 e. The predicted octanol–water partition coefficient (Wildman–Crippen LogP) is 4.38. The number of ether oxygens (including phenoxy) is 1. The molecule has 1 atom stereocenters. The van der Waals surface area contributed by atoms with Gasteiger partial charge in [0.2, 0.25) is 0 Å². The fourth-order valence-electron chi connectivity index (χ4n) is 2.23. The first-order chi connectivity index (χ1) is 16.4. The summed E-state index contributed by atoms with van der Waals surface area (Å²) < 4.78 is 182. The number of rotatable bonds is 13. The number of amides is 2. The van der Waals surface area contributed by atoms with E-state index in [2.05, 4.69) is 4.74 Å². The molecular formula is C17H18F14N2O4. The van der Waals surface area contributed by atoms with Crippen LogP contribution in [-0.2, 0) is 19.1 Å². The highest BCUT2D eigenvalue weighted by atomic mass is 19.4. The Morgan fingerprint density at radius 1 is 0.703 bits per heavy atom.